The first-order chi connectivity index (χ1) is 13.1. The molecule has 0 radical (unpaired) electrons. The topological polar surface area (TPSA) is 88.4 Å². The minimum Gasteiger partial charge on any atom is -0.497 e. The number of carbonyl (C=O) groups excluding carboxylic acids is 2. The number of thioether (sulfide) groups is 2. The third-order valence-corrected chi connectivity index (χ3v) is 5.16. The van der Waals surface area contributed by atoms with E-state index in [0.29, 0.717) is 5.69 Å². The Morgan fingerprint density at radius 3 is 2.56 bits per heavy atom. The smallest absolute Gasteiger partial charge is 0.316 e. The molecule has 2 aromatic carbocycles. The minimum atomic E-state index is -0.474. The van der Waals surface area contributed by atoms with Gasteiger partial charge < -0.3 is 14.8 Å². The first kappa shape index (κ1) is 20.7. The summed E-state index contributed by atoms with van der Waals surface area (Å²) in [4.78, 5) is 25.5. The number of esters is 1. The van der Waals surface area contributed by atoms with Gasteiger partial charge in [-0.1, -0.05) is 12.1 Å². The third-order valence-electron chi connectivity index (χ3n) is 3.23. The van der Waals surface area contributed by atoms with Gasteiger partial charge in [-0.25, -0.2) is 0 Å². The summed E-state index contributed by atoms with van der Waals surface area (Å²) < 4.78 is 10.1. The summed E-state index contributed by atoms with van der Waals surface area (Å²) in [6.07, 6.45) is 0. The second-order valence-corrected chi connectivity index (χ2v) is 7.18. The van der Waals surface area contributed by atoms with Crippen LogP contribution in [0.2, 0.25) is 0 Å². The molecule has 0 spiro atoms. The summed E-state index contributed by atoms with van der Waals surface area (Å²) in [5, 5.41) is 11.4. The molecule has 27 heavy (non-hydrogen) atoms. The van der Waals surface area contributed by atoms with Gasteiger partial charge in [0.1, 0.15) is 5.75 Å². The van der Waals surface area contributed by atoms with Crippen LogP contribution >= 0.6 is 23.5 Å². The zero-order valence-electron chi connectivity index (χ0n) is 14.6. The molecule has 1 amide bonds. The number of nitriles is 1. The molecule has 0 saturated heterocycles. The highest BCUT2D eigenvalue weighted by Gasteiger charge is 2.11. The normalized spacial score (nSPS) is 9.93. The Morgan fingerprint density at radius 1 is 1.11 bits per heavy atom. The van der Waals surface area contributed by atoms with Gasteiger partial charge in [-0.15, -0.1) is 23.5 Å². The highest BCUT2D eigenvalue weighted by atomic mass is 32.2. The van der Waals surface area contributed by atoms with Crippen molar-refractivity contribution in [3.8, 4) is 11.8 Å². The Morgan fingerprint density at radius 2 is 1.85 bits per heavy atom. The van der Waals surface area contributed by atoms with Crippen molar-refractivity contribution in [1.82, 2.24) is 0 Å². The van der Waals surface area contributed by atoms with Crippen molar-refractivity contribution >= 4 is 41.1 Å². The Bertz CT molecular complexity index is 819. The van der Waals surface area contributed by atoms with Crippen LogP contribution in [-0.2, 0) is 14.3 Å². The van der Waals surface area contributed by atoms with Crippen LogP contribution in [0.25, 0.3) is 0 Å². The van der Waals surface area contributed by atoms with Crippen LogP contribution < -0.4 is 10.1 Å². The van der Waals surface area contributed by atoms with Gasteiger partial charge in [-0.3, -0.25) is 9.59 Å². The van der Waals surface area contributed by atoms with Gasteiger partial charge in [0.15, 0.2) is 6.61 Å². The summed E-state index contributed by atoms with van der Waals surface area (Å²) in [6, 6.07) is 16.5. The first-order valence-electron chi connectivity index (χ1n) is 7.93. The van der Waals surface area contributed by atoms with Crippen LogP contribution in [0.4, 0.5) is 5.69 Å². The van der Waals surface area contributed by atoms with Gasteiger partial charge >= 0.3 is 5.97 Å². The SMILES string of the molecule is COc1ccc(SCC(=O)OCC(=O)Nc2ccccc2SCC#N)cc1. The predicted molar refractivity (Wildman–Crippen MR) is 106 cm³/mol. The minimum absolute atomic E-state index is 0.105. The second kappa shape index (κ2) is 11.2. The lowest BCUT2D eigenvalue weighted by atomic mass is 10.3. The van der Waals surface area contributed by atoms with Gasteiger partial charge in [0.05, 0.1) is 30.4 Å². The van der Waals surface area contributed by atoms with Crippen LogP contribution in [0.3, 0.4) is 0 Å². The summed E-state index contributed by atoms with van der Waals surface area (Å²) in [7, 11) is 1.59. The highest BCUT2D eigenvalue weighted by Crippen LogP contribution is 2.26. The fraction of sp³-hybridized carbons (Fsp3) is 0.211. The van der Waals surface area contributed by atoms with E-state index < -0.39 is 11.9 Å². The molecular weight excluding hydrogens is 384 g/mol. The maximum absolute atomic E-state index is 12.0. The number of rotatable bonds is 9. The number of ether oxygens (including phenoxy) is 2. The molecule has 1 N–H and O–H groups in total. The molecule has 140 valence electrons. The van der Waals surface area contributed by atoms with Crippen molar-refractivity contribution in [2.45, 2.75) is 9.79 Å². The van der Waals surface area contributed by atoms with Crippen molar-refractivity contribution in [2.24, 2.45) is 0 Å². The van der Waals surface area contributed by atoms with E-state index in [-0.39, 0.29) is 18.1 Å². The van der Waals surface area contributed by atoms with E-state index in [4.69, 9.17) is 14.7 Å². The van der Waals surface area contributed by atoms with E-state index in [1.165, 1.54) is 23.5 Å². The summed E-state index contributed by atoms with van der Waals surface area (Å²) >= 11 is 2.65. The molecule has 8 heteroatoms. The number of carbonyl (C=O) groups is 2. The Kier molecular flexibility index (Phi) is 8.55. The van der Waals surface area contributed by atoms with Crippen LogP contribution in [-0.4, -0.2) is 37.1 Å². The zero-order chi connectivity index (χ0) is 19.5. The molecule has 0 aliphatic rings. The second-order valence-electron chi connectivity index (χ2n) is 5.12. The van der Waals surface area contributed by atoms with Gasteiger partial charge in [-0.2, -0.15) is 5.26 Å². The fourth-order valence-electron chi connectivity index (χ4n) is 1.99. The molecule has 0 bridgehead atoms. The highest BCUT2D eigenvalue weighted by molar-refractivity contribution is 8.00. The molecular formula is C19H18N2O4S2. The van der Waals surface area contributed by atoms with Crippen LogP contribution in [0, 0.1) is 11.3 Å². The third kappa shape index (κ3) is 7.25. The number of hydrogen-bond acceptors (Lipinski definition) is 7. The van der Waals surface area contributed by atoms with E-state index in [0.717, 1.165) is 15.5 Å². The maximum Gasteiger partial charge on any atom is 0.316 e. The Hall–Kier alpha value is -2.63. The van der Waals surface area contributed by atoms with Gasteiger partial charge in [0.25, 0.3) is 5.91 Å². The molecule has 0 atom stereocenters. The number of methoxy groups -OCH3 is 1. The van der Waals surface area contributed by atoms with Crippen molar-refractivity contribution < 1.29 is 19.1 Å². The van der Waals surface area contributed by atoms with Gasteiger partial charge in [0, 0.05) is 9.79 Å². The molecule has 2 rings (SSSR count). The van der Waals surface area contributed by atoms with Crippen LogP contribution in [0.5, 0.6) is 5.75 Å². The van der Waals surface area contributed by atoms with E-state index in [2.05, 4.69) is 5.32 Å². The number of benzene rings is 2. The first-order valence-corrected chi connectivity index (χ1v) is 9.90. The number of amides is 1. The lowest BCUT2D eigenvalue weighted by molar-refractivity contribution is -0.144. The van der Waals surface area contributed by atoms with E-state index >= 15 is 0 Å². The fourth-order valence-corrected chi connectivity index (χ4v) is 3.36. The average Bonchev–Trinajstić information content (AvgIpc) is 2.70. The molecule has 0 saturated carbocycles. The van der Waals surface area contributed by atoms with E-state index in [1.54, 1.807) is 19.2 Å². The van der Waals surface area contributed by atoms with Crippen molar-refractivity contribution in [2.75, 3.05) is 30.5 Å². The number of nitrogens with one attached hydrogen (secondary N) is 1. The molecule has 0 aromatic heterocycles. The Balaban J connectivity index is 1.76. The molecule has 0 fully saturated rings. The molecule has 2 aromatic rings. The van der Waals surface area contributed by atoms with Crippen molar-refractivity contribution in [3.05, 3.63) is 48.5 Å². The van der Waals surface area contributed by atoms with E-state index in [9.17, 15) is 9.59 Å². The monoisotopic (exact) mass is 402 g/mol. The van der Waals surface area contributed by atoms with Crippen LogP contribution in [0.15, 0.2) is 58.3 Å². The maximum atomic E-state index is 12.0. The summed E-state index contributed by atoms with van der Waals surface area (Å²) in [6.45, 7) is -0.362. The van der Waals surface area contributed by atoms with Crippen LogP contribution in [0.1, 0.15) is 0 Å². The standard InChI is InChI=1S/C19H18N2O4S2/c1-24-14-6-8-15(9-7-14)27-13-19(23)25-12-18(22)21-16-4-2-3-5-17(16)26-11-10-20/h2-9H,11-13H2,1H3,(H,21,22). The largest absolute Gasteiger partial charge is 0.497 e. The van der Waals surface area contributed by atoms with Crippen molar-refractivity contribution in [1.29, 1.82) is 5.26 Å². The number of anilines is 1. The number of para-hydroxylation sites is 1. The molecule has 0 heterocycles. The lowest BCUT2D eigenvalue weighted by Crippen LogP contribution is -2.21. The van der Waals surface area contributed by atoms with Gasteiger partial charge in [-0.05, 0) is 36.4 Å². The van der Waals surface area contributed by atoms with Crippen molar-refractivity contribution in [3.63, 3.8) is 0 Å². The Labute approximate surface area is 166 Å². The molecule has 6 nitrogen and oxygen atoms in total. The van der Waals surface area contributed by atoms with E-state index in [1.807, 2.05) is 42.5 Å². The summed E-state index contributed by atoms with van der Waals surface area (Å²) in [5.41, 5.74) is 0.589. The zero-order valence-corrected chi connectivity index (χ0v) is 16.3. The molecule has 0 unspecified atom stereocenters. The predicted octanol–water partition coefficient (Wildman–Crippen LogP) is 3.58. The average molecular weight is 402 g/mol. The lowest BCUT2D eigenvalue weighted by Gasteiger charge is -2.10. The van der Waals surface area contributed by atoms with Gasteiger partial charge in [0.2, 0.25) is 0 Å². The number of nitrogens with zero attached hydrogens (tertiary/aromatic N) is 1. The number of hydrogen-bond donors (Lipinski definition) is 1. The molecule has 0 aliphatic carbocycles. The summed E-state index contributed by atoms with van der Waals surface area (Å²) in [5.74, 6) is 0.228. The molecule has 0 aliphatic heterocycles. The quantitative estimate of drug-likeness (QED) is 0.506.